The molecular weight excluding hydrogens is 849 g/mol. The molecule has 0 radical (unpaired) electrons. The van der Waals surface area contributed by atoms with E-state index in [1.54, 1.807) is 0 Å². The Kier molecular flexibility index (Phi) is 9.59. The summed E-state index contributed by atoms with van der Waals surface area (Å²) in [6, 6.07) is 69.6. The standard InChI is InChI=1S/C66H58N4/c1-39(2)43-17-25-47(26-18-43)67(48-27-19-44(20-28-48)40(3)4)51-33-57-53-13-9-11-15-61(53)69-63-38-56-60-36-52(68(49-29-21-45(22-30-49)41(5)6)50-31-23-46(24-32-50)42(7)8)34-58-54-14-10-12-16-62(54)70(66(58)60)64(56)37-55(63)59(35-51)65(57)69/h9-42H,1-8H3. The molecule has 0 saturated heterocycles. The van der Waals surface area contributed by atoms with Crippen molar-refractivity contribution in [3.63, 3.8) is 0 Å². The molecule has 9 aromatic carbocycles. The van der Waals surface area contributed by atoms with Crippen LogP contribution in [0.1, 0.15) is 101 Å². The lowest BCUT2D eigenvalue weighted by Crippen LogP contribution is -2.10. The van der Waals surface area contributed by atoms with Gasteiger partial charge in [0.25, 0.3) is 0 Å². The lowest BCUT2D eigenvalue weighted by molar-refractivity contribution is 0.866. The van der Waals surface area contributed by atoms with Gasteiger partial charge in [-0.3, -0.25) is 0 Å². The third-order valence-corrected chi connectivity index (χ3v) is 15.5. The maximum Gasteiger partial charge on any atom is 0.0622 e. The van der Waals surface area contributed by atoms with Gasteiger partial charge in [-0.15, -0.1) is 0 Å². The molecule has 0 bridgehead atoms. The minimum absolute atomic E-state index is 0.452. The molecule has 0 spiro atoms. The van der Waals surface area contributed by atoms with E-state index in [2.05, 4.69) is 256 Å². The third kappa shape index (κ3) is 6.35. The molecule has 0 aliphatic rings. The van der Waals surface area contributed by atoms with Crippen LogP contribution in [-0.2, 0) is 0 Å². The summed E-state index contributed by atoms with van der Waals surface area (Å²) >= 11 is 0. The Bertz CT molecular complexity index is 3720. The minimum Gasteiger partial charge on any atom is -0.310 e. The normalized spacial score (nSPS) is 12.5. The summed E-state index contributed by atoms with van der Waals surface area (Å²) in [4.78, 5) is 4.92. The van der Waals surface area contributed by atoms with Crippen molar-refractivity contribution in [2.24, 2.45) is 0 Å². The van der Waals surface area contributed by atoms with E-state index in [1.807, 2.05) is 0 Å². The van der Waals surface area contributed by atoms with Crippen molar-refractivity contribution in [2.45, 2.75) is 79.1 Å². The van der Waals surface area contributed by atoms with Crippen molar-refractivity contribution >= 4 is 110 Å². The maximum atomic E-state index is 2.55. The zero-order chi connectivity index (χ0) is 47.7. The predicted molar refractivity (Wildman–Crippen MR) is 301 cm³/mol. The Morgan fingerprint density at radius 2 is 0.529 bits per heavy atom. The first-order valence-electron chi connectivity index (χ1n) is 25.4. The number of benzene rings is 9. The van der Waals surface area contributed by atoms with Crippen LogP contribution in [0, 0.1) is 0 Å². The molecule has 0 aliphatic heterocycles. The molecule has 0 aliphatic carbocycles. The van der Waals surface area contributed by atoms with Gasteiger partial charge in [-0.2, -0.15) is 0 Å². The first-order valence-corrected chi connectivity index (χ1v) is 25.4. The maximum absolute atomic E-state index is 2.55. The number of hydrogen-bond acceptors (Lipinski definition) is 2. The van der Waals surface area contributed by atoms with Gasteiger partial charge >= 0.3 is 0 Å². The number of para-hydroxylation sites is 2. The highest BCUT2D eigenvalue weighted by Crippen LogP contribution is 2.49. The molecule has 4 heteroatoms. The van der Waals surface area contributed by atoms with Crippen molar-refractivity contribution in [3.8, 4) is 0 Å². The Hall–Kier alpha value is -7.82. The Balaban J connectivity index is 1.10. The van der Waals surface area contributed by atoms with E-state index >= 15 is 0 Å². The minimum atomic E-state index is 0.452. The average Bonchev–Trinajstić information content (AvgIpc) is 4.09. The largest absolute Gasteiger partial charge is 0.310 e. The summed E-state index contributed by atoms with van der Waals surface area (Å²) in [5.74, 6) is 1.81. The fourth-order valence-corrected chi connectivity index (χ4v) is 11.6. The molecule has 4 nitrogen and oxygen atoms in total. The van der Waals surface area contributed by atoms with E-state index in [-0.39, 0.29) is 0 Å². The van der Waals surface area contributed by atoms with E-state index in [0.29, 0.717) is 23.7 Å². The number of aromatic nitrogens is 2. The molecule has 0 saturated carbocycles. The van der Waals surface area contributed by atoms with Crippen LogP contribution < -0.4 is 9.80 Å². The van der Waals surface area contributed by atoms with Crippen LogP contribution in [0.4, 0.5) is 34.1 Å². The molecule has 13 aromatic rings. The second-order valence-electron chi connectivity index (χ2n) is 21.0. The SMILES string of the molecule is CC(C)c1ccc(N(c2ccc(C(C)C)cc2)c2cc3c4ccccc4n4c5cc6c7cc(N(c8ccc(C(C)C)cc8)c8ccc(C(C)C)cc8)cc8c9ccccc9n(c6cc5c(c2)c34)c87)cc1. The smallest absolute Gasteiger partial charge is 0.0622 e. The molecule has 4 aromatic heterocycles. The topological polar surface area (TPSA) is 15.3 Å². The van der Waals surface area contributed by atoms with Crippen LogP contribution in [0.5, 0.6) is 0 Å². The molecular formula is C66H58N4. The van der Waals surface area contributed by atoms with E-state index in [4.69, 9.17) is 0 Å². The lowest BCUT2D eigenvalue weighted by Gasteiger charge is -2.26. The van der Waals surface area contributed by atoms with Crippen molar-refractivity contribution in [1.82, 2.24) is 8.80 Å². The van der Waals surface area contributed by atoms with Crippen molar-refractivity contribution in [3.05, 3.63) is 204 Å². The van der Waals surface area contributed by atoms with Crippen molar-refractivity contribution in [2.75, 3.05) is 9.80 Å². The first-order chi connectivity index (χ1) is 34.0. The highest BCUT2D eigenvalue weighted by atomic mass is 15.1. The van der Waals surface area contributed by atoms with Gasteiger partial charge in [0.1, 0.15) is 0 Å². The summed E-state index contributed by atoms with van der Waals surface area (Å²) in [5, 5.41) is 10.1. The zero-order valence-electron chi connectivity index (χ0n) is 41.4. The molecule has 70 heavy (non-hydrogen) atoms. The fourth-order valence-electron chi connectivity index (χ4n) is 11.6. The highest BCUT2D eigenvalue weighted by molar-refractivity contribution is 6.30. The van der Waals surface area contributed by atoms with Gasteiger partial charge in [-0.05, 0) is 143 Å². The quantitative estimate of drug-likeness (QED) is 0.136. The molecule has 13 rings (SSSR count). The summed E-state index contributed by atoms with van der Waals surface area (Å²) in [5.41, 5.74) is 19.7. The molecule has 342 valence electrons. The first kappa shape index (κ1) is 42.3. The van der Waals surface area contributed by atoms with Crippen molar-refractivity contribution < 1.29 is 0 Å². The number of rotatable bonds is 10. The second-order valence-corrected chi connectivity index (χ2v) is 21.0. The van der Waals surface area contributed by atoms with Gasteiger partial charge < -0.3 is 18.6 Å². The molecule has 0 fully saturated rings. The number of hydrogen-bond donors (Lipinski definition) is 0. The number of fused-ring (bicyclic) bond motifs is 12. The van der Waals surface area contributed by atoms with Gasteiger partial charge in [-0.25, -0.2) is 0 Å². The lowest BCUT2D eigenvalue weighted by atomic mass is 10.0. The molecule has 4 heterocycles. The molecule has 0 unspecified atom stereocenters. The number of nitrogens with zero attached hydrogens (tertiary/aromatic N) is 4. The second kappa shape index (κ2) is 15.9. The van der Waals surface area contributed by atoms with Crippen LogP contribution in [0.3, 0.4) is 0 Å². The Morgan fingerprint density at radius 1 is 0.257 bits per heavy atom. The average molecular weight is 907 g/mol. The third-order valence-electron chi connectivity index (χ3n) is 15.5. The Labute approximate surface area is 410 Å². The van der Waals surface area contributed by atoms with Crippen LogP contribution in [0.15, 0.2) is 182 Å². The van der Waals surface area contributed by atoms with Gasteiger partial charge in [0.05, 0.1) is 33.1 Å². The van der Waals surface area contributed by atoms with Gasteiger partial charge in [-0.1, -0.05) is 140 Å². The number of anilines is 6. The summed E-state index contributed by atoms with van der Waals surface area (Å²) in [6.45, 7) is 18.1. The van der Waals surface area contributed by atoms with Gasteiger partial charge in [0.15, 0.2) is 0 Å². The highest BCUT2D eigenvalue weighted by Gasteiger charge is 2.26. The van der Waals surface area contributed by atoms with E-state index in [0.717, 1.165) is 34.1 Å². The molecule has 0 amide bonds. The van der Waals surface area contributed by atoms with Crippen LogP contribution in [0.2, 0.25) is 0 Å². The van der Waals surface area contributed by atoms with Gasteiger partial charge in [0.2, 0.25) is 0 Å². The van der Waals surface area contributed by atoms with E-state index in [1.165, 1.54) is 98.4 Å². The van der Waals surface area contributed by atoms with Gasteiger partial charge in [0, 0.05) is 77.2 Å². The van der Waals surface area contributed by atoms with Crippen LogP contribution >= 0.6 is 0 Å². The summed E-state index contributed by atoms with van der Waals surface area (Å²) in [7, 11) is 0. The Morgan fingerprint density at radius 3 is 0.814 bits per heavy atom. The zero-order valence-corrected chi connectivity index (χ0v) is 41.4. The predicted octanol–water partition coefficient (Wildman–Crippen LogP) is 19.4. The molecule has 0 N–H and O–H groups in total. The van der Waals surface area contributed by atoms with E-state index in [9.17, 15) is 0 Å². The van der Waals surface area contributed by atoms with Crippen molar-refractivity contribution in [1.29, 1.82) is 0 Å². The van der Waals surface area contributed by atoms with Crippen LogP contribution in [-0.4, -0.2) is 8.80 Å². The summed E-state index contributed by atoms with van der Waals surface area (Å²) in [6.07, 6.45) is 0. The fraction of sp³-hybridized carbons (Fsp3) is 0.182. The monoisotopic (exact) mass is 906 g/mol. The molecule has 0 atom stereocenters. The summed E-state index contributed by atoms with van der Waals surface area (Å²) < 4.78 is 5.09. The van der Waals surface area contributed by atoms with Crippen LogP contribution in [0.25, 0.3) is 76.2 Å². The van der Waals surface area contributed by atoms with E-state index < -0.39 is 0 Å².